The van der Waals surface area contributed by atoms with Crippen molar-refractivity contribution in [1.82, 2.24) is 10.2 Å². The van der Waals surface area contributed by atoms with Crippen molar-refractivity contribution in [3.05, 3.63) is 34.8 Å². The highest BCUT2D eigenvalue weighted by atomic mass is 32.2. The number of nitrogens with zero attached hydrogens (tertiary/aromatic N) is 2. The minimum Gasteiger partial charge on any atom is -0.478 e. The summed E-state index contributed by atoms with van der Waals surface area (Å²) in [6, 6.07) is 4.13. The third-order valence-corrected chi connectivity index (χ3v) is 4.67. The SMILES string of the molecule is O=C(O)c1ccc(S(=O)(=O)Nc2nnc(C(F)(F)F)s2)cc1. The molecule has 0 atom stereocenters. The molecule has 0 saturated heterocycles. The van der Waals surface area contributed by atoms with Crippen molar-refractivity contribution in [2.24, 2.45) is 0 Å². The number of hydrogen-bond donors (Lipinski definition) is 2. The molecule has 118 valence electrons. The van der Waals surface area contributed by atoms with Crippen molar-refractivity contribution in [1.29, 1.82) is 0 Å². The summed E-state index contributed by atoms with van der Waals surface area (Å²) in [4.78, 5) is 10.3. The molecule has 0 aliphatic rings. The van der Waals surface area contributed by atoms with Gasteiger partial charge in [-0.1, -0.05) is 11.3 Å². The van der Waals surface area contributed by atoms with Gasteiger partial charge in [0.2, 0.25) is 10.1 Å². The Kier molecular flexibility index (Phi) is 4.06. The molecule has 0 aliphatic carbocycles. The lowest BCUT2D eigenvalue weighted by Gasteiger charge is -2.04. The number of carboxylic acids is 1. The molecule has 2 N–H and O–H groups in total. The number of alkyl halides is 3. The minimum absolute atomic E-state index is 0.0378. The highest BCUT2D eigenvalue weighted by Crippen LogP contribution is 2.33. The number of carboxylic acid groups (broad SMARTS) is 1. The Hall–Kier alpha value is -2.21. The van der Waals surface area contributed by atoms with E-state index in [1.54, 1.807) is 0 Å². The van der Waals surface area contributed by atoms with Gasteiger partial charge in [-0.15, -0.1) is 10.2 Å². The highest BCUT2D eigenvalue weighted by molar-refractivity contribution is 7.93. The van der Waals surface area contributed by atoms with Crippen LogP contribution in [0.15, 0.2) is 29.2 Å². The molecule has 0 unspecified atom stereocenters. The summed E-state index contributed by atoms with van der Waals surface area (Å²) in [5.41, 5.74) is -0.130. The summed E-state index contributed by atoms with van der Waals surface area (Å²) in [6.07, 6.45) is -4.72. The van der Waals surface area contributed by atoms with Gasteiger partial charge in [0.25, 0.3) is 10.0 Å². The predicted molar refractivity (Wildman–Crippen MR) is 69.1 cm³/mol. The van der Waals surface area contributed by atoms with Crippen molar-refractivity contribution in [3.8, 4) is 0 Å². The number of nitrogens with one attached hydrogen (secondary N) is 1. The average Bonchev–Trinajstić information content (AvgIpc) is 2.86. The van der Waals surface area contributed by atoms with Crippen LogP contribution in [0, 0.1) is 0 Å². The number of benzene rings is 1. The molecule has 0 aliphatic heterocycles. The quantitative estimate of drug-likeness (QED) is 0.871. The molecule has 0 fully saturated rings. The van der Waals surface area contributed by atoms with E-state index in [2.05, 4.69) is 10.2 Å². The Morgan fingerprint density at radius 2 is 1.77 bits per heavy atom. The van der Waals surface area contributed by atoms with E-state index in [1.165, 1.54) is 0 Å². The Morgan fingerprint density at radius 1 is 1.18 bits per heavy atom. The minimum atomic E-state index is -4.72. The third kappa shape index (κ3) is 3.51. The van der Waals surface area contributed by atoms with Gasteiger partial charge in [0, 0.05) is 0 Å². The van der Waals surface area contributed by atoms with E-state index < -0.39 is 32.3 Å². The van der Waals surface area contributed by atoms with Crippen molar-refractivity contribution in [2.75, 3.05) is 4.72 Å². The molecule has 2 rings (SSSR count). The maximum absolute atomic E-state index is 12.4. The van der Waals surface area contributed by atoms with Crippen LogP contribution >= 0.6 is 11.3 Å². The summed E-state index contributed by atoms with van der Waals surface area (Å²) in [6.45, 7) is 0. The topological polar surface area (TPSA) is 109 Å². The van der Waals surface area contributed by atoms with Gasteiger partial charge in [-0.25, -0.2) is 13.2 Å². The summed E-state index contributed by atoms with van der Waals surface area (Å²) in [5.74, 6) is -1.24. The van der Waals surface area contributed by atoms with E-state index in [0.29, 0.717) is 0 Å². The van der Waals surface area contributed by atoms with E-state index in [4.69, 9.17) is 5.11 Å². The summed E-state index contributed by atoms with van der Waals surface area (Å²) < 4.78 is 62.8. The van der Waals surface area contributed by atoms with Gasteiger partial charge in [-0.3, -0.25) is 4.72 Å². The number of aromatic carboxylic acids is 1. The monoisotopic (exact) mass is 353 g/mol. The molecular formula is C10H6F3N3O4S2. The molecule has 7 nitrogen and oxygen atoms in total. The normalized spacial score (nSPS) is 12.1. The van der Waals surface area contributed by atoms with E-state index in [9.17, 15) is 26.4 Å². The van der Waals surface area contributed by atoms with E-state index in [1.807, 2.05) is 4.72 Å². The van der Waals surface area contributed by atoms with Gasteiger partial charge in [0.15, 0.2) is 0 Å². The molecule has 0 amide bonds. The Morgan fingerprint density at radius 3 is 2.23 bits per heavy atom. The van der Waals surface area contributed by atoms with E-state index in [-0.39, 0.29) is 21.8 Å². The molecule has 0 radical (unpaired) electrons. The van der Waals surface area contributed by atoms with Gasteiger partial charge >= 0.3 is 12.1 Å². The van der Waals surface area contributed by atoms with Crippen LogP contribution in [0.25, 0.3) is 0 Å². The van der Waals surface area contributed by atoms with Gasteiger partial charge in [-0.2, -0.15) is 13.2 Å². The first kappa shape index (κ1) is 16.2. The number of carbonyl (C=O) groups is 1. The van der Waals surface area contributed by atoms with Crippen molar-refractivity contribution in [3.63, 3.8) is 0 Å². The average molecular weight is 353 g/mol. The Bertz CT molecular complexity index is 800. The Balaban J connectivity index is 2.24. The maximum atomic E-state index is 12.4. The summed E-state index contributed by atoms with van der Waals surface area (Å²) in [5, 5.41) is 12.8. The smallest absolute Gasteiger partial charge is 0.445 e. The number of halogens is 3. The molecule has 0 saturated carbocycles. The van der Waals surface area contributed by atoms with Crippen LogP contribution in [0.2, 0.25) is 0 Å². The Labute approximate surface area is 125 Å². The fourth-order valence-electron chi connectivity index (χ4n) is 1.33. The third-order valence-electron chi connectivity index (χ3n) is 2.30. The molecule has 1 heterocycles. The number of rotatable bonds is 4. The molecule has 0 bridgehead atoms. The second kappa shape index (κ2) is 5.53. The fourth-order valence-corrected chi connectivity index (χ4v) is 3.17. The number of aromatic nitrogens is 2. The zero-order chi connectivity index (χ0) is 16.5. The molecule has 0 spiro atoms. The van der Waals surface area contributed by atoms with Gasteiger partial charge < -0.3 is 5.11 Å². The second-order valence-corrected chi connectivity index (χ2v) is 6.51. The van der Waals surface area contributed by atoms with Gasteiger partial charge in [-0.05, 0) is 24.3 Å². The standard InChI is InChI=1S/C10H6F3N3O4S2/c11-10(12,13)8-14-15-9(21-8)16-22(19,20)6-3-1-5(2-4-6)7(17)18/h1-4H,(H,15,16)(H,17,18). The lowest BCUT2D eigenvalue weighted by molar-refractivity contribution is -0.138. The number of sulfonamides is 1. The summed E-state index contributed by atoms with van der Waals surface area (Å²) >= 11 is 0.0378. The van der Waals surface area contributed by atoms with Crippen LogP contribution < -0.4 is 4.72 Å². The van der Waals surface area contributed by atoms with Crippen LogP contribution in [0.5, 0.6) is 0 Å². The van der Waals surface area contributed by atoms with Gasteiger partial charge in [0.05, 0.1) is 10.5 Å². The van der Waals surface area contributed by atoms with Crippen LogP contribution in [-0.4, -0.2) is 29.7 Å². The molecule has 22 heavy (non-hydrogen) atoms. The first-order valence-corrected chi connectivity index (χ1v) is 7.66. The number of anilines is 1. The second-order valence-electron chi connectivity index (χ2n) is 3.85. The molecule has 1 aromatic heterocycles. The van der Waals surface area contributed by atoms with E-state index in [0.717, 1.165) is 24.3 Å². The summed E-state index contributed by atoms with van der Waals surface area (Å²) in [7, 11) is -4.19. The largest absolute Gasteiger partial charge is 0.478 e. The van der Waals surface area contributed by atoms with Crippen molar-refractivity contribution in [2.45, 2.75) is 11.1 Å². The molecule has 12 heteroatoms. The van der Waals surface area contributed by atoms with Crippen LogP contribution in [0.1, 0.15) is 15.4 Å². The molecular weight excluding hydrogens is 347 g/mol. The lowest BCUT2D eigenvalue weighted by atomic mass is 10.2. The predicted octanol–water partition coefficient (Wildman–Crippen LogP) is 2.06. The fraction of sp³-hybridized carbons (Fsp3) is 0.100. The van der Waals surface area contributed by atoms with Crippen molar-refractivity contribution >= 4 is 32.5 Å². The first-order valence-electron chi connectivity index (χ1n) is 5.36. The van der Waals surface area contributed by atoms with Crippen LogP contribution in [0.4, 0.5) is 18.3 Å². The van der Waals surface area contributed by atoms with Crippen LogP contribution in [-0.2, 0) is 16.2 Å². The molecule has 2 aromatic rings. The van der Waals surface area contributed by atoms with E-state index >= 15 is 0 Å². The van der Waals surface area contributed by atoms with Crippen molar-refractivity contribution < 1.29 is 31.5 Å². The van der Waals surface area contributed by atoms with Crippen LogP contribution in [0.3, 0.4) is 0 Å². The number of hydrogen-bond acceptors (Lipinski definition) is 6. The molecule has 1 aromatic carbocycles. The zero-order valence-corrected chi connectivity index (χ0v) is 12.0. The van der Waals surface area contributed by atoms with Gasteiger partial charge in [0.1, 0.15) is 0 Å². The lowest BCUT2D eigenvalue weighted by Crippen LogP contribution is -2.13. The maximum Gasteiger partial charge on any atom is 0.445 e. The highest BCUT2D eigenvalue weighted by Gasteiger charge is 2.36. The zero-order valence-electron chi connectivity index (χ0n) is 10.3. The first-order chi connectivity index (χ1) is 10.1.